The van der Waals surface area contributed by atoms with Crippen molar-refractivity contribution in [2.24, 2.45) is 5.92 Å². The van der Waals surface area contributed by atoms with Gasteiger partial charge in [0.25, 0.3) is 0 Å². The third-order valence-corrected chi connectivity index (χ3v) is 4.00. The van der Waals surface area contributed by atoms with Gasteiger partial charge in [0.05, 0.1) is 0 Å². The number of ether oxygens (including phenoxy) is 1. The van der Waals surface area contributed by atoms with Gasteiger partial charge in [-0.05, 0) is 6.42 Å². The van der Waals surface area contributed by atoms with E-state index in [1.807, 2.05) is 0 Å². The second kappa shape index (κ2) is 10.1. The molecular weight excluding hydrogens is 236 g/mol. The van der Waals surface area contributed by atoms with Crippen molar-refractivity contribution in [3.05, 3.63) is 12.3 Å². The minimum absolute atomic E-state index is 0.0126. The Kier molecular flexibility index (Phi) is 8.61. The van der Waals surface area contributed by atoms with Crippen LogP contribution in [0.1, 0.15) is 84.0 Å². The van der Waals surface area contributed by atoms with Gasteiger partial charge < -0.3 is 4.74 Å². The molecule has 0 amide bonds. The molecule has 0 N–H and O–H groups in total. The fourth-order valence-electron chi connectivity index (χ4n) is 2.64. The molecule has 1 fully saturated rings. The number of hydrogen-bond acceptors (Lipinski definition) is 2. The van der Waals surface area contributed by atoms with E-state index in [2.05, 4.69) is 13.5 Å². The molecule has 19 heavy (non-hydrogen) atoms. The van der Waals surface area contributed by atoms with Gasteiger partial charge in [0, 0.05) is 0 Å². The molecule has 1 unspecified atom stereocenters. The molecule has 2 nitrogen and oxygen atoms in total. The Balaban J connectivity index is 1.76. The van der Waals surface area contributed by atoms with Gasteiger partial charge in [0.15, 0.2) is 0 Å². The van der Waals surface area contributed by atoms with Gasteiger partial charge in [-0.15, -0.1) is 0 Å². The summed E-state index contributed by atoms with van der Waals surface area (Å²) in [5.41, 5.74) is 0. The van der Waals surface area contributed by atoms with Gasteiger partial charge >= 0.3 is 5.97 Å². The molecule has 0 saturated carbocycles. The van der Waals surface area contributed by atoms with Crippen molar-refractivity contribution < 1.29 is 9.53 Å². The van der Waals surface area contributed by atoms with E-state index in [0.29, 0.717) is 5.76 Å². The largest absolute Gasteiger partial charge is 0.430 e. The third kappa shape index (κ3) is 6.79. The SMILES string of the molecule is C=C1OC(=O)C1CCCCCCCCCCCCC. The molecule has 1 rings (SSSR count). The second-order valence-corrected chi connectivity index (χ2v) is 5.76. The van der Waals surface area contributed by atoms with E-state index in [-0.39, 0.29) is 11.9 Å². The van der Waals surface area contributed by atoms with E-state index in [9.17, 15) is 4.79 Å². The lowest BCUT2D eigenvalue weighted by Crippen LogP contribution is -2.31. The van der Waals surface area contributed by atoms with E-state index in [1.54, 1.807) is 0 Å². The highest BCUT2D eigenvalue weighted by Crippen LogP contribution is 2.29. The second-order valence-electron chi connectivity index (χ2n) is 5.76. The van der Waals surface area contributed by atoms with Crippen molar-refractivity contribution in [3.63, 3.8) is 0 Å². The van der Waals surface area contributed by atoms with Crippen LogP contribution >= 0.6 is 0 Å². The molecule has 0 spiro atoms. The van der Waals surface area contributed by atoms with Crippen molar-refractivity contribution >= 4 is 5.97 Å². The summed E-state index contributed by atoms with van der Waals surface area (Å²) < 4.78 is 4.77. The van der Waals surface area contributed by atoms with Crippen molar-refractivity contribution in [3.8, 4) is 0 Å². The molecule has 2 heteroatoms. The van der Waals surface area contributed by atoms with E-state index in [1.165, 1.54) is 64.2 Å². The summed E-state index contributed by atoms with van der Waals surface area (Å²) in [5.74, 6) is 0.618. The van der Waals surface area contributed by atoms with Gasteiger partial charge in [0.1, 0.15) is 11.7 Å². The van der Waals surface area contributed by atoms with Crippen molar-refractivity contribution in [1.29, 1.82) is 0 Å². The number of carbonyl (C=O) groups excluding carboxylic acids is 1. The maximum atomic E-state index is 11.1. The smallest absolute Gasteiger partial charge is 0.321 e. The normalized spacial score (nSPS) is 18.3. The number of rotatable bonds is 12. The number of unbranched alkanes of at least 4 members (excludes halogenated alkanes) is 10. The molecule has 0 radical (unpaired) electrons. The number of carbonyl (C=O) groups is 1. The van der Waals surface area contributed by atoms with Gasteiger partial charge in [-0.2, -0.15) is 0 Å². The first-order valence-corrected chi connectivity index (χ1v) is 8.16. The summed E-state index contributed by atoms with van der Waals surface area (Å²) in [6.07, 6.45) is 15.7. The molecule has 1 atom stereocenters. The Bertz CT molecular complexity index is 256. The third-order valence-electron chi connectivity index (χ3n) is 4.00. The molecule has 1 saturated heterocycles. The first kappa shape index (κ1) is 16.3. The Morgan fingerprint density at radius 1 is 0.895 bits per heavy atom. The zero-order valence-corrected chi connectivity index (χ0v) is 12.6. The van der Waals surface area contributed by atoms with Crippen LogP contribution in [0.5, 0.6) is 0 Å². The lowest BCUT2D eigenvalue weighted by molar-refractivity contribution is -0.157. The predicted octanol–water partition coefficient (Wildman–Crippen LogP) is 5.37. The summed E-state index contributed by atoms with van der Waals surface area (Å²) in [7, 11) is 0. The Hall–Kier alpha value is -0.790. The van der Waals surface area contributed by atoms with Crippen LogP contribution in [0.15, 0.2) is 12.3 Å². The predicted molar refractivity (Wildman–Crippen MR) is 79.8 cm³/mol. The fraction of sp³-hybridized carbons (Fsp3) is 0.824. The Morgan fingerprint density at radius 3 is 1.79 bits per heavy atom. The van der Waals surface area contributed by atoms with Gasteiger partial charge in [-0.3, -0.25) is 4.79 Å². The first-order chi connectivity index (χ1) is 9.25. The van der Waals surface area contributed by atoms with Crippen LogP contribution in [0.4, 0.5) is 0 Å². The van der Waals surface area contributed by atoms with E-state index < -0.39 is 0 Å². The molecule has 0 aromatic rings. The standard InChI is InChI=1S/C17H30O2/c1-3-4-5-6-7-8-9-10-11-12-13-14-16-15(2)19-17(16)18/h16H,2-14H2,1H3. The summed E-state index contributed by atoms with van der Waals surface area (Å²) >= 11 is 0. The minimum atomic E-state index is -0.0721. The molecule has 0 aromatic heterocycles. The molecule has 0 aliphatic carbocycles. The highest BCUT2D eigenvalue weighted by molar-refractivity contribution is 5.82. The summed E-state index contributed by atoms with van der Waals surface area (Å²) in [5, 5.41) is 0. The topological polar surface area (TPSA) is 26.3 Å². The van der Waals surface area contributed by atoms with Crippen LogP contribution in [0, 0.1) is 5.92 Å². The van der Waals surface area contributed by atoms with E-state index in [4.69, 9.17) is 4.74 Å². The highest BCUT2D eigenvalue weighted by atomic mass is 16.6. The first-order valence-electron chi connectivity index (χ1n) is 8.16. The van der Waals surface area contributed by atoms with Crippen LogP contribution in [0.3, 0.4) is 0 Å². The van der Waals surface area contributed by atoms with Gasteiger partial charge in [0.2, 0.25) is 0 Å². The Labute approximate surface area is 118 Å². The molecule has 110 valence electrons. The van der Waals surface area contributed by atoms with Gasteiger partial charge in [-0.1, -0.05) is 84.1 Å². The molecule has 1 aliphatic heterocycles. The molecule has 1 heterocycles. The zero-order chi connectivity index (χ0) is 13.9. The molecule has 0 aromatic carbocycles. The maximum absolute atomic E-state index is 11.1. The van der Waals surface area contributed by atoms with Crippen LogP contribution < -0.4 is 0 Å². The quantitative estimate of drug-likeness (QED) is 0.350. The number of hydrogen-bond donors (Lipinski definition) is 0. The van der Waals surface area contributed by atoms with Gasteiger partial charge in [-0.25, -0.2) is 0 Å². The molecule has 1 aliphatic rings. The molecular formula is C17H30O2. The van der Waals surface area contributed by atoms with Crippen LogP contribution in [0.2, 0.25) is 0 Å². The summed E-state index contributed by atoms with van der Waals surface area (Å²) in [6.45, 7) is 5.98. The lowest BCUT2D eigenvalue weighted by Gasteiger charge is -2.26. The highest BCUT2D eigenvalue weighted by Gasteiger charge is 2.34. The number of cyclic esters (lactones) is 1. The van der Waals surface area contributed by atoms with Crippen molar-refractivity contribution in [2.75, 3.05) is 0 Å². The average Bonchev–Trinajstić information content (AvgIpc) is 2.40. The zero-order valence-electron chi connectivity index (χ0n) is 12.6. The summed E-state index contributed by atoms with van der Waals surface area (Å²) in [4.78, 5) is 11.1. The molecule has 0 bridgehead atoms. The van der Waals surface area contributed by atoms with Crippen LogP contribution in [0.25, 0.3) is 0 Å². The minimum Gasteiger partial charge on any atom is -0.430 e. The maximum Gasteiger partial charge on any atom is 0.321 e. The summed E-state index contributed by atoms with van der Waals surface area (Å²) in [6, 6.07) is 0. The van der Waals surface area contributed by atoms with E-state index in [0.717, 1.165) is 12.8 Å². The van der Waals surface area contributed by atoms with Crippen LogP contribution in [-0.2, 0) is 9.53 Å². The van der Waals surface area contributed by atoms with Crippen LogP contribution in [-0.4, -0.2) is 5.97 Å². The lowest BCUT2D eigenvalue weighted by atomic mass is 9.95. The fourth-order valence-corrected chi connectivity index (χ4v) is 2.64. The van der Waals surface area contributed by atoms with E-state index >= 15 is 0 Å². The monoisotopic (exact) mass is 266 g/mol. The van der Waals surface area contributed by atoms with Crippen molar-refractivity contribution in [2.45, 2.75) is 84.0 Å². The number of esters is 1. The van der Waals surface area contributed by atoms with Crippen molar-refractivity contribution in [1.82, 2.24) is 0 Å². The average molecular weight is 266 g/mol. The Morgan fingerprint density at radius 2 is 1.37 bits per heavy atom.